The SMILES string of the molecule is O=Cc1ccc2nc(N3CCN(C(=O)C(Cc4cccs4)NC(=O)O)CC3)sc2c1. The molecule has 2 amide bonds. The highest BCUT2D eigenvalue weighted by Gasteiger charge is 2.29. The fraction of sp³-hybridized carbons (Fsp3) is 0.300. The summed E-state index contributed by atoms with van der Waals surface area (Å²) in [5.74, 6) is -0.203. The van der Waals surface area contributed by atoms with Crippen LogP contribution in [0.5, 0.6) is 0 Å². The largest absolute Gasteiger partial charge is 0.465 e. The zero-order chi connectivity index (χ0) is 21.1. The number of aromatic nitrogens is 1. The topological polar surface area (TPSA) is 103 Å². The maximum Gasteiger partial charge on any atom is 0.405 e. The fourth-order valence-electron chi connectivity index (χ4n) is 3.46. The van der Waals surface area contributed by atoms with E-state index in [9.17, 15) is 14.4 Å². The molecule has 1 saturated heterocycles. The molecule has 0 aliphatic carbocycles. The van der Waals surface area contributed by atoms with E-state index in [0.717, 1.165) is 26.5 Å². The second-order valence-electron chi connectivity index (χ2n) is 6.94. The zero-order valence-electron chi connectivity index (χ0n) is 16.0. The molecule has 2 aromatic heterocycles. The molecule has 4 rings (SSSR count). The van der Waals surface area contributed by atoms with Gasteiger partial charge in [0.05, 0.1) is 10.2 Å². The van der Waals surface area contributed by atoms with E-state index in [0.29, 0.717) is 38.2 Å². The van der Waals surface area contributed by atoms with Gasteiger partial charge < -0.3 is 20.2 Å². The van der Waals surface area contributed by atoms with Crippen LogP contribution in [0.4, 0.5) is 9.93 Å². The lowest BCUT2D eigenvalue weighted by atomic mass is 10.1. The number of anilines is 1. The van der Waals surface area contributed by atoms with Gasteiger partial charge in [-0.15, -0.1) is 11.3 Å². The molecule has 1 atom stereocenters. The first-order valence-electron chi connectivity index (χ1n) is 9.45. The minimum Gasteiger partial charge on any atom is -0.465 e. The molecule has 3 aromatic rings. The average Bonchev–Trinajstić information content (AvgIpc) is 3.41. The maximum atomic E-state index is 13.0. The molecule has 1 aliphatic heterocycles. The predicted octanol–water partition coefficient (Wildman–Crippen LogP) is 2.70. The van der Waals surface area contributed by atoms with Crippen LogP contribution in [0.1, 0.15) is 15.2 Å². The van der Waals surface area contributed by atoms with E-state index < -0.39 is 12.1 Å². The second kappa shape index (κ2) is 8.80. The number of thiazole rings is 1. The van der Waals surface area contributed by atoms with E-state index in [4.69, 9.17) is 5.11 Å². The molecule has 1 aromatic carbocycles. The van der Waals surface area contributed by atoms with Gasteiger partial charge in [-0.1, -0.05) is 17.4 Å². The number of amides is 2. The number of piperazine rings is 1. The number of nitrogens with zero attached hydrogens (tertiary/aromatic N) is 3. The van der Waals surface area contributed by atoms with Crippen molar-refractivity contribution in [1.82, 2.24) is 15.2 Å². The van der Waals surface area contributed by atoms with Crippen LogP contribution >= 0.6 is 22.7 Å². The summed E-state index contributed by atoms with van der Waals surface area (Å²) < 4.78 is 0.953. The van der Waals surface area contributed by atoms with Gasteiger partial charge >= 0.3 is 6.09 Å². The summed E-state index contributed by atoms with van der Waals surface area (Å²) in [5.41, 5.74) is 1.47. The Bertz CT molecular complexity index is 1060. The lowest BCUT2D eigenvalue weighted by Crippen LogP contribution is -2.55. The maximum absolute atomic E-state index is 13.0. The van der Waals surface area contributed by atoms with Crippen LogP contribution in [0.2, 0.25) is 0 Å². The minimum atomic E-state index is -1.20. The molecule has 0 bridgehead atoms. The van der Waals surface area contributed by atoms with Crippen LogP contribution in [0.15, 0.2) is 35.7 Å². The number of nitrogens with one attached hydrogen (secondary N) is 1. The van der Waals surface area contributed by atoms with E-state index in [-0.39, 0.29) is 5.91 Å². The molecule has 1 fully saturated rings. The number of hydrogen-bond donors (Lipinski definition) is 2. The van der Waals surface area contributed by atoms with Gasteiger partial charge in [-0.25, -0.2) is 9.78 Å². The van der Waals surface area contributed by atoms with Gasteiger partial charge in [-0.3, -0.25) is 9.59 Å². The minimum absolute atomic E-state index is 0.203. The van der Waals surface area contributed by atoms with Gasteiger partial charge in [0.1, 0.15) is 12.3 Å². The highest BCUT2D eigenvalue weighted by Crippen LogP contribution is 2.30. The van der Waals surface area contributed by atoms with Crippen LogP contribution in [0, 0.1) is 0 Å². The lowest BCUT2D eigenvalue weighted by molar-refractivity contribution is -0.133. The molecule has 2 N–H and O–H groups in total. The average molecular weight is 445 g/mol. The van der Waals surface area contributed by atoms with Gasteiger partial charge in [-0.2, -0.15) is 0 Å². The number of thiophene rings is 1. The van der Waals surface area contributed by atoms with E-state index in [1.54, 1.807) is 11.0 Å². The first kappa shape index (κ1) is 20.3. The van der Waals surface area contributed by atoms with Crippen molar-refractivity contribution < 1.29 is 19.5 Å². The van der Waals surface area contributed by atoms with Gasteiger partial charge in [0, 0.05) is 43.0 Å². The summed E-state index contributed by atoms with van der Waals surface area (Å²) in [7, 11) is 0. The van der Waals surface area contributed by atoms with Crippen LogP contribution in [-0.2, 0) is 11.2 Å². The molecular formula is C20H20N4O4S2. The van der Waals surface area contributed by atoms with E-state index in [2.05, 4.69) is 15.2 Å². The second-order valence-corrected chi connectivity index (χ2v) is 8.98. The number of hydrogen-bond acceptors (Lipinski definition) is 7. The molecule has 8 nitrogen and oxygen atoms in total. The monoisotopic (exact) mass is 444 g/mol. The van der Waals surface area contributed by atoms with Gasteiger partial charge in [0.15, 0.2) is 5.13 Å². The van der Waals surface area contributed by atoms with Crippen LogP contribution in [0.3, 0.4) is 0 Å². The van der Waals surface area contributed by atoms with Gasteiger partial charge in [0.25, 0.3) is 0 Å². The van der Waals surface area contributed by atoms with Crippen molar-refractivity contribution in [2.75, 3.05) is 31.1 Å². The summed E-state index contributed by atoms with van der Waals surface area (Å²) in [6, 6.07) is 8.41. The van der Waals surface area contributed by atoms with Crippen molar-refractivity contribution in [2.45, 2.75) is 12.5 Å². The molecule has 1 aliphatic rings. The zero-order valence-corrected chi connectivity index (χ0v) is 17.6. The molecule has 3 heterocycles. The summed E-state index contributed by atoms with van der Waals surface area (Å²) in [6.45, 7) is 2.23. The van der Waals surface area contributed by atoms with Gasteiger partial charge in [0.2, 0.25) is 5.91 Å². The predicted molar refractivity (Wildman–Crippen MR) is 117 cm³/mol. The first-order valence-corrected chi connectivity index (χ1v) is 11.1. The number of carboxylic acid groups (broad SMARTS) is 1. The Balaban J connectivity index is 1.41. The van der Waals surface area contributed by atoms with Crippen molar-refractivity contribution in [3.63, 3.8) is 0 Å². The van der Waals surface area contributed by atoms with Crippen LogP contribution < -0.4 is 10.2 Å². The molecule has 0 radical (unpaired) electrons. The third kappa shape index (κ3) is 4.44. The highest BCUT2D eigenvalue weighted by atomic mass is 32.1. The van der Waals surface area contributed by atoms with Crippen LogP contribution in [0.25, 0.3) is 10.2 Å². The summed E-state index contributed by atoms with van der Waals surface area (Å²) in [6.07, 6.45) is -0.0336. The van der Waals surface area contributed by atoms with E-state index in [1.165, 1.54) is 22.7 Å². The van der Waals surface area contributed by atoms with E-state index >= 15 is 0 Å². The molecule has 156 valence electrons. The first-order chi connectivity index (χ1) is 14.5. The number of aldehydes is 1. The van der Waals surface area contributed by atoms with Crippen molar-refractivity contribution in [3.8, 4) is 0 Å². The Kier molecular flexibility index (Phi) is 5.96. The van der Waals surface area contributed by atoms with Crippen molar-refractivity contribution in [1.29, 1.82) is 0 Å². The molecule has 30 heavy (non-hydrogen) atoms. The number of benzene rings is 1. The van der Waals surface area contributed by atoms with E-state index in [1.807, 2.05) is 29.6 Å². The Morgan fingerprint density at radius 2 is 2.03 bits per heavy atom. The Morgan fingerprint density at radius 1 is 1.23 bits per heavy atom. The van der Waals surface area contributed by atoms with Crippen molar-refractivity contribution in [3.05, 3.63) is 46.2 Å². The Hall–Kier alpha value is -2.98. The summed E-state index contributed by atoms with van der Waals surface area (Å²) in [4.78, 5) is 44.5. The Morgan fingerprint density at radius 3 is 2.70 bits per heavy atom. The quantitative estimate of drug-likeness (QED) is 0.567. The third-order valence-electron chi connectivity index (χ3n) is 4.98. The highest BCUT2D eigenvalue weighted by molar-refractivity contribution is 7.22. The van der Waals surface area contributed by atoms with Crippen molar-refractivity contribution >= 4 is 56.3 Å². The molecule has 1 unspecified atom stereocenters. The number of carbonyl (C=O) groups excluding carboxylic acids is 2. The number of carbonyl (C=O) groups is 3. The molecule has 10 heteroatoms. The third-order valence-corrected chi connectivity index (χ3v) is 6.96. The van der Waals surface area contributed by atoms with Crippen molar-refractivity contribution in [2.24, 2.45) is 0 Å². The number of rotatable bonds is 6. The fourth-order valence-corrected chi connectivity index (χ4v) is 5.27. The van der Waals surface area contributed by atoms with Gasteiger partial charge in [-0.05, 0) is 29.6 Å². The lowest BCUT2D eigenvalue weighted by Gasteiger charge is -2.36. The Labute approximate surface area is 180 Å². The molecular weight excluding hydrogens is 424 g/mol. The smallest absolute Gasteiger partial charge is 0.405 e. The number of fused-ring (bicyclic) bond motifs is 1. The normalized spacial score (nSPS) is 15.2. The summed E-state index contributed by atoms with van der Waals surface area (Å²) in [5, 5.41) is 14.3. The molecule has 0 saturated carbocycles. The summed E-state index contributed by atoms with van der Waals surface area (Å²) >= 11 is 3.03. The van der Waals surface area contributed by atoms with Crippen LogP contribution in [-0.4, -0.2) is 65.5 Å². The molecule has 0 spiro atoms. The standard InChI is InChI=1S/C20H20N4O4S2/c25-12-13-3-4-15-17(10-13)30-19(21-15)24-7-5-23(6-8-24)18(26)16(22-20(27)28)11-14-2-1-9-29-14/h1-4,9-10,12,16,22H,5-8,11H2,(H,27,28).